The van der Waals surface area contributed by atoms with Crippen LogP contribution in [-0.2, 0) is 0 Å². The average Bonchev–Trinajstić information content (AvgIpc) is 2.38. The number of hydrogen-bond acceptors (Lipinski definition) is 5. The van der Waals surface area contributed by atoms with Crippen molar-refractivity contribution in [3.63, 3.8) is 0 Å². The number of nitro groups is 1. The fourth-order valence-electron chi connectivity index (χ4n) is 1.91. The van der Waals surface area contributed by atoms with E-state index in [1.54, 1.807) is 0 Å². The standard InChI is InChI=1S/C11H15N3O3/c15-14(16)10-7-13-5-3-11(10)17-8-9-2-1-4-12-6-9/h3,5,7,9,12H,1-2,4,6,8H2. The maximum absolute atomic E-state index is 10.7. The Morgan fingerprint density at radius 2 is 2.53 bits per heavy atom. The van der Waals surface area contributed by atoms with E-state index in [2.05, 4.69) is 10.3 Å². The molecule has 0 amide bonds. The predicted octanol–water partition coefficient (Wildman–Crippen LogP) is 1.37. The zero-order chi connectivity index (χ0) is 12.1. The van der Waals surface area contributed by atoms with Gasteiger partial charge in [-0.3, -0.25) is 15.1 Å². The number of aromatic nitrogens is 1. The number of nitrogens with one attached hydrogen (secondary N) is 1. The lowest BCUT2D eigenvalue weighted by Gasteiger charge is -2.22. The van der Waals surface area contributed by atoms with Gasteiger partial charge in [-0.1, -0.05) is 0 Å². The number of piperidine rings is 1. The van der Waals surface area contributed by atoms with Crippen molar-refractivity contribution >= 4 is 5.69 Å². The molecule has 1 unspecified atom stereocenters. The zero-order valence-corrected chi connectivity index (χ0v) is 9.46. The first-order chi connectivity index (χ1) is 8.27. The van der Waals surface area contributed by atoms with Crippen LogP contribution in [0.15, 0.2) is 18.5 Å². The molecular weight excluding hydrogens is 222 g/mol. The summed E-state index contributed by atoms with van der Waals surface area (Å²) in [6.45, 7) is 2.47. The summed E-state index contributed by atoms with van der Waals surface area (Å²) < 4.78 is 5.52. The second kappa shape index (κ2) is 5.58. The molecular formula is C11H15N3O3. The third-order valence-electron chi connectivity index (χ3n) is 2.83. The van der Waals surface area contributed by atoms with E-state index >= 15 is 0 Å². The Morgan fingerprint density at radius 3 is 3.24 bits per heavy atom. The van der Waals surface area contributed by atoms with Crippen LogP contribution in [0.4, 0.5) is 5.69 Å². The van der Waals surface area contributed by atoms with Crippen LogP contribution < -0.4 is 10.1 Å². The molecule has 0 radical (unpaired) electrons. The highest BCUT2D eigenvalue weighted by Gasteiger charge is 2.18. The van der Waals surface area contributed by atoms with Crippen molar-refractivity contribution < 1.29 is 9.66 Å². The van der Waals surface area contributed by atoms with Crippen molar-refractivity contribution in [3.8, 4) is 5.75 Å². The topological polar surface area (TPSA) is 77.3 Å². The van der Waals surface area contributed by atoms with Gasteiger partial charge in [-0.2, -0.15) is 0 Å². The van der Waals surface area contributed by atoms with Crippen LogP contribution >= 0.6 is 0 Å². The molecule has 1 aromatic heterocycles. The molecule has 0 spiro atoms. The lowest BCUT2D eigenvalue weighted by Crippen LogP contribution is -2.33. The van der Waals surface area contributed by atoms with Crippen LogP contribution in [0.5, 0.6) is 5.75 Å². The third kappa shape index (κ3) is 3.13. The molecule has 1 N–H and O–H groups in total. The minimum Gasteiger partial charge on any atom is -0.486 e. The Balaban J connectivity index is 1.96. The highest BCUT2D eigenvalue weighted by atomic mass is 16.6. The number of hydrogen-bond donors (Lipinski definition) is 1. The van der Waals surface area contributed by atoms with Crippen LogP contribution in [0, 0.1) is 16.0 Å². The predicted molar refractivity (Wildman–Crippen MR) is 62.0 cm³/mol. The summed E-state index contributed by atoms with van der Waals surface area (Å²) in [7, 11) is 0. The van der Waals surface area contributed by atoms with E-state index < -0.39 is 4.92 Å². The molecule has 92 valence electrons. The monoisotopic (exact) mass is 237 g/mol. The van der Waals surface area contributed by atoms with Crippen molar-refractivity contribution in [3.05, 3.63) is 28.6 Å². The second-order valence-corrected chi connectivity index (χ2v) is 4.12. The van der Waals surface area contributed by atoms with Gasteiger partial charge in [0.1, 0.15) is 6.20 Å². The second-order valence-electron chi connectivity index (χ2n) is 4.12. The van der Waals surface area contributed by atoms with Crippen LogP contribution in [0.25, 0.3) is 0 Å². The Bertz CT molecular complexity index is 391. The van der Waals surface area contributed by atoms with E-state index in [0.717, 1.165) is 25.9 Å². The molecule has 2 rings (SSSR count). The molecule has 1 aromatic rings. The lowest BCUT2D eigenvalue weighted by atomic mass is 10.0. The Labute approximate surface area is 99.2 Å². The van der Waals surface area contributed by atoms with Gasteiger partial charge in [0.25, 0.3) is 0 Å². The Kier molecular flexibility index (Phi) is 3.87. The lowest BCUT2D eigenvalue weighted by molar-refractivity contribution is -0.386. The third-order valence-corrected chi connectivity index (χ3v) is 2.83. The van der Waals surface area contributed by atoms with Crippen LogP contribution in [-0.4, -0.2) is 29.6 Å². The van der Waals surface area contributed by atoms with E-state index in [-0.39, 0.29) is 5.69 Å². The van der Waals surface area contributed by atoms with Crippen LogP contribution in [0.2, 0.25) is 0 Å². The SMILES string of the molecule is O=[N+]([O-])c1cnccc1OCC1CCCNC1. The maximum Gasteiger partial charge on any atom is 0.329 e. The molecule has 17 heavy (non-hydrogen) atoms. The van der Waals surface area contributed by atoms with Crippen LogP contribution in [0.1, 0.15) is 12.8 Å². The average molecular weight is 237 g/mol. The molecule has 6 nitrogen and oxygen atoms in total. The largest absolute Gasteiger partial charge is 0.486 e. The molecule has 1 aliphatic heterocycles. The molecule has 0 saturated carbocycles. The summed E-state index contributed by atoms with van der Waals surface area (Å²) in [5.41, 5.74) is -0.0729. The minimum absolute atomic E-state index is 0.0729. The molecule has 1 aliphatic rings. The summed E-state index contributed by atoms with van der Waals surface area (Å²) >= 11 is 0. The molecule has 0 aromatic carbocycles. The minimum atomic E-state index is -0.471. The van der Waals surface area contributed by atoms with E-state index in [1.165, 1.54) is 18.5 Å². The molecule has 0 bridgehead atoms. The van der Waals surface area contributed by atoms with E-state index in [4.69, 9.17) is 4.74 Å². The molecule has 1 fully saturated rings. The summed E-state index contributed by atoms with van der Waals surface area (Å²) in [4.78, 5) is 14.0. The number of pyridine rings is 1. The van der Waals surface area contributed by atoms with Gasteiger partial charge in [0.15, 0.2) is 5.75 Å². The van der Waals surface area contributed by atoms with Gasteiger partial charge in [-0.05, 0) is 19.4 Å². The first-order valence-electron chi connectivity index (χ1n) is 5.69. The number of rotatable bonds is 4. The number of ether oxygens (including phenoxy) is 1. The fraction of sp³-hybridized carbons (Fsp3) is 0.545. The molecule has 1 saturated heterocycles. The van der Waals surface area contributed by atoms with Gasteiger partial charge >= 0.3 is 5.69 Å². The van der Waals surface area contributed by atoms with Crippen molar-refractivity contribution in [1.29, 1.82) is 0 Å². The van der Waals surface area contributed by atoms with Gasteiger partial charge < -0.3 is 10.1 Å². The zero-order valence-electron chi connectivity index (χ0n) is 9.46. The quantitative estimate of drug-likeness (QED) is 0.632. The van der Waals surface area contributed by atoms with Gasteiger partial charge in [0, 0.05) is 24.7 Å². The smallest absolute Gasteiger partial charge is 0.329 e. The molecule has 6 heteroatoms. The van der Waals surface area contributed by atoms with E-state index in [1.807, 2.05) is 0 Å². The summed E-state index contributed by atoms with van der Waals surface area (Å²) in [6.07, 6.45) is 4.95. The first kappa shape index (κ1) is 11.8. The van der Waals surface area contributed by atoms with Crippen LogP contribution in [0.3, 0.4) is 0 Å². The van der Waals surface area contributed by atoms with Crippen molar-refractivity contribution in [2.24, 2.45) is 5.92 Å². The van der Waals surface area contributed by atoms with E-state index in [0.29, 0.717) is 18.3 Å². The van der Waals surface area contributed by atoms with Gasteiger partial charge in [-0.15, -0.1) is 0 Å². The first-order valence-corrected chi connectivity index (χ1v) is 5.69. The summed E-state index contributed by atoms with van der Waals surface area (Å²) in [6, 6.07) is 1.54. The molecule has 0 aliphatic carbocycles. The highest BCUT2D eigenvalue weighted by molar-refractivity contribution is 5.42. The maximum atomic E-state index is 10.7. The fourth-order valence-corrected chi connectivity index (χ4v) is 1.91. The molecule has 1 atom stereocenters. The van der Waals surface area contributed by atoms with Gasteiger partial charge in [-0.25, -0.2) is 0 Å². The van der Waals surface area contributed by atoms with Gasteiger partial charge in [0.05, 0.1) is 11.5 Å². The normalized spacial score (nSPS) is 19.9. The Hall–Kier alpha value is -1.69. The van der Waals surface area contributed by atoms with Crippen molar-refractivity contribution in [1.82, 2.24) is 10.3 Å². The molecule has 2 heterocycles. The number of nitrogens with zero attached hydrogens (tertiary/aromatic N) is 2. The Morgan fingerprint density at radius 1 is 1.65 bits per heavy atom. The van der Waals surface area contributed by atoms with Crippen molar-refractivity contribution in [2.75, 3.05) is 19.7 Å². The van der Waals surface area contributed by atoms with E-state index in [9.17, 15) is 10.1 Å². The van der Waals surface area contributed by atoms with Crippen molar-refractivity contribution in [2.45, 2.75) is 12.8 Å². The summed E-state index contributed by atoms with van der Waals surface area (Å²) in [5, 5.41) is 14.0. The highest BCUT2D eigenvalue weighted by Crippen LogP contribution is 2.25. The van der Waals surface area contributed by atoms with Gasteiger partial charge in [0.2, 0.25) is 0 Å². The summed E-state index contributed by atoms with van der Waals surface area (Å²) in [5.74, 6) is 0.729.